The Morgan fingerprint density at radius 1 is 1.23 bits per heavy atom. The van der Waals surface area contributed by atoms with Crippen LogP contribution in [-0.2, 0) is 11.3 Å². The third-order valence-electron chi connectivity index (χ3n) is 6.84. The summed E-state index contributed by atoms with van der Waals surface area (Å²) in [7, 11) is 0. The van der Waals surface area contributed by atoms with Crippen molar-refractivity contribution < 1.29 is 9.59 Å². The van der Waals surface area contributed by atoms with Crippen LogP contribution in [0.15, 0.2) is 36.7 Å². The van der Waals surface area contributed by atoms with Crippen molar-refractivity contribution in [3.05, 3.63) is 47.9 Å². The van der Waals surface area contributed by atoms with Gasteiger partial charge in [0, 0.05) is 25.0 Å². The van der Waals surface area contributed by atoms with Crippen LogP contribution in [0.5, 0.6) is 0 Å². The molecule has 0 spiro atoms. The lowest BCUT2D eigenvalue weighted by Gasteiger charge is -2.39. The maximum atomic E-state index is 13.5. The standard InChI is InChI=1S/C24H29N5O2/c1-23(2)9-18-10-24(3,14-23)15-29(18)22(31)16-8-19-21(26-11-16)27-12-20(30)28(19)13-17-6-4-5-7-25-17/h4-8,11,18H,9-10,12-15H2,1-3H3,(H,26,27)/t18-,24-/m1/s1. The van der Waals surface area contributed by atoms with E-state index in [-0.39, 0.29) is 35.2 Å². The molecule has 1 saturated heterocycles. The molecule has 7 heteroatoms. The van der Waals surface area contributed by atoms with Crippen molar-refractivity contribution in [3.8, 4) is 0 Å². The van der Waals surface area contributed by atoms with Gasteiger partial charge >= 0.3 is 0 Å². The van der Waals surface area contributed by atoms with Gasteiger partial charge < -0.3 is 15.1 Å². The first kappa shape index (κ1) is 20.0. The number of aromatic nitrogens is 2. The van der Waals surface area contributed by atoms with E-state index < -0.39 is 0 Å². The minimum Gasteiger partial charge on any atom is -0.359 e. The van der Waals surface area contributed by atoms with E-state index in [1.165, 1.54) is 0 Å². The number of anilines is 2. The van der Waals surface area contributed by atoms with Crippen LogP contribution in [0.1, 0.15) is 56.1 Å². The molecule has 1 saturated carbocycles. The van der Waals surface area contributed by atoms with Gasteiger partial charge in [-0.25, -0.2) is 4.98 Å². The number of likely N-dealkylation sites (tertiary alicyclic amines) is 1. The monoisotopic (exact) mass is 419 g/mol. The Balaban J connectivity index is 1.44. The lowest BCUT2D eigenvalue weighted by molar-refractivity contribution is -0.117. The van der Waals surface area contributed by atoms with Crippen molar-refractivity contribution in [3.63, 3.8) is 0 Å². The third-order valence-corrected chi connectivity index (χ3v) is 6.84. The van der Waals surface area contributed by atoms with Crippen molar-refractivity contribution in [2.24, 2.45) is 10.8 Å². The molecule has 162 valence electrons. The van der Waals surface area contributed by atoms with Gasteiger partial charge in [0.1, 0.15) is 0 Å². The number of amides is 2. The third kappa shape index (κ3) is 3.66. The van der Waals surface area contributed by atoms with Gasteiger partial charge in [-0.1, -0.05) is 26.8 Å². The number of rotatable bonds is 3. The Labute approximate surface area is 182 Å². The van der Waals surface area contributed by atoms with Gasteiger partial charge in [0.15, 0.2) is 5.82 Å². The average Bonchev–Trinajstić information content (AvgIpc) is 2.98. The van der Waals surface area contributed by atoms with Crippen molar-refractivity contribution in [1.82, 2.24) is 14.9 Å². The lowest BCUT2D eigenvalue weighted by Crippen LogP contribution is -2.41. The molecule has 2 fully saturated rings. The van der Waals surface area contributed by atoms with Gasteiger partial charge in [-0.15, -0.1) is 0 Å². The Hall–Kier alpha value is -2.96. The van der Waals surface area contributed by atoms with E-state index in [9.17, 15) is 9.59 Å². The molecule has 3 aliphatic rings. The molecule has 4 heterocycles. The van der Waals surface area contributed by atoms with Crippen molar-refractivity contribution in [2.45, 2.75) is 52.6 Å². The molecule has 31 heavy (non-hydrogen) atoms. The molecule has 0 unspecified atom stereocenters. The molecule has 2 amide bonds. The summed E-state index contributed by atoms with van der Waals surface area (Å²) in [5.74, 6) is 0.578. The normalized spacial score (nSPS) is 26.4. The summed E-state index contributed by atoms with van der Waals surface area (Å²) in [5.41, 5.74) is 2.39. The fourth-order valence-electron chi connectivity index (χ4n) is 5.99. The van der Waals surface area contributed by atoms with Gasteiger partial charge in [-0.3, -0.25) is 14.6 Å². The van der Waals surface area contributed by atoms with E-state index in [4.69, 9.17) is 0 Å². The molecule has 1 aliphatic carbocycles. The second kappa shape index (κ2) is 7.04. The summed E-state index contributed by atoms with van der Waals surface area (Å²) in [6.07, 6.45) is 6.58. The predicted molar refractivity (Wildman–Crippen MR) is 119 cm³/mol. The van der Waals surface area contributed by atoms with Crippen LogP contribution in [-0.4, -0.2) is 45.8 Å². The van der Waals surface area contributed by atoms with E-state index >= 15 is 0 Å². The zero-order valence-corrected chi connectivity index (χ0v) is 18.4. The van der Waals surface area contributed by atoms with Crippen LogP contribution in [0.2, 0.25) is 0 Å². The minimum atomic E-state index is -0.0594. The number of nitrogens with zero attached hydrogens (tertiary/aromatic N) is 4. The largest absolute Gasteiger partial charge is 0.359 e. The Bertz CT molecular complexity index is 1040. The first-order valence-electron chi connectivity index (χ1n) is 11.0. The smallest absolute Gasteiger partial charge is 0.255 e. The van der Waals surface area contributed by atoms with Gasteiger partial charge in [0.05, 0.1) is 30.0 Å². The molecule has 1 N–H and O–H groups in total. The maximum absolute atomic E-state index is 13.5. The zero-order chi connectivity index (χ0) is 21.8. The number of hydrogen-bond donors (Lipinski definition) is 1. The van der Waals surface area contributed by atoms with Gasteiger partial charge in [-0.05, 0) is 48.3 Å². The number of fused-ring (bicyclic) bond motifs is 3. The number of carbonyl (C=O) groups excluding carboxylic acids is 2. The van der Waals surface area contributed by atoms with Gasteiger partial charge in [0.25, 0.3) is 5.91 Å². The van der Waals surface area contributed by atoms with Gasteiger partial charge in [0.2, 0.25) is 5.91 Å². The van der Waals surface area contributed by atoms with Crippen molar-refractivity contribution in [1.29, 1.82) is 0 Å². The number of hydrogen-bond acceptors (Lipinski definition) is 5. The van der Waals surface area contributed by atoms with E-state index in [0.29, 0.717) is 23.6 Å². The fraction of sp³-hybridized carbons (Fsp3) is 0.500. The first-order chi connectivity index (χ1) is 14.7. The molecule has 2 bridgehead atoms. The summed E-state index contributed by atoms with van der Waals surface area (Å²) in [5, 5.41) is 3.07. The summed E-state index contributed by atoms with van der Waals surface area (Å²) in [6.45, 7) is 8.23. The fourth-order valence-corrected chi connectivity index (χ4v) is 5.99. The molecule has 0 radical (unpaired) electrons. The molecule has 0 aromatic carbocycles. The molecule has 2 aromatic rings. The number of pyridine rings is 2. The summed E-state index contributed by atoms with van der Waals surface area (Å²) in [4.78, 5) is 38.8. The molecule has 7 nitrogen and oxygen atoms in total. The van der Waals surface area contributed by atoms with Crippen LogP contribution in [0.4, 0.5) is 11.5 Å². The highest BCUT2D eigenvalue weighted by Gasteiger charge is 2.51. The van der Waals surface area contributed by atoms with E-state index in [2.05, 4.69) is 36.1 Å². The summed E-state index contributed by atoms with van der Waals surface area (Å²) >= 11 is 0. The number of nitrogens with one attached hydrogen (secondary N) is 1. The second-order valence-electron chi connectivity index (χ2n) is 10.4. The Kier molecular flexibility index (Phi) is 4.53. The summed E-state index contributed by atoms with van der Waals surface area (Å²) < 4.78 is 0. The van der Waals surface area contributed by atoms with E-state index in [1.54, 1.807) is 17.3 Å². The van der Waals surface area contributed by atoms with Crippen LogP contribution in [0.25, 0.3) is 0 Å². The highest BCUT2D eigenvalue weighted by molar-refractivity contribution is 6.04. The molecule has 2 aromatic heterocycles. The molecular weight excluding hydrogens is 390 g/mol. The van der Waals surface area contributed by atoms with Crippen LogP contribution in [0.3, 0.4) is 0 Å². The molecule has 2 aliphatic heterocycles. The van der Waals surface area contributed by atoms with Crippen molar-refractivity contribution in [2.75, 3.05) is 23.3 Å². The first-order valence-corrected chi connectivity index (χ1v) is 11.0. The average molecular weight is 420 g/mol. The highest BCUT2D eigenvalue weighted by atomic mass is 16.2. The maximum Gasteiger partial charge on any atom is 0.255 e. The molecular formula is C24H29N5O2. The second-order valence-corrected chi connectivity index (χ2v) is 10.4. The van der Waals surface area contributed by atoms with E-state index in [1.807, 2.05) is 29.2 Å². The van der Waals surface area contributed by atoms with Crippen LogP contribution >= 0.6 is 0 Å². The SMILES string of the molecule is CC1(C)C[C@@H]2C[C@@](C)(CN2C(=O)c2cnc3c(c2)N(Cc2ccccn2)C(=O)CN3)C1. The Morgan fingerprint density at radius 3 is 2.84 bits per heavy atom. The van der Waals surface area contributed by atoms with E-state index in [0.717, 1.165) is 31.5 Å². The topological polar surface area (TPSA) is 78.4 Å². The van der Waals surface area contributed by atoms with Gasteiger partial charge in [-0.2, -0.15) is 0 Å². The summed E-state index contributed by atoms with van der Waals surface area (Å²) in [6, 6.07) is 7.73. The lowest BCUT2D eigenvalue weighted by atomic mass is 9.65. The van der Waals surface area contributed by atoms with Crippen LogP contribution < -0.4 is 10.2 Å². The quantitative estimate of drug-likeness (QED) is 0.824. The molecule has 2 atom stereocenters. The van der Waals surface area contributed by atoms with Crippen LogP contribution in [0, 0.1) is 10.8 Å². The zero-order valence-electron chi connectivity index (χ0n) is 18.4. The minimum absolute atomic E-state index is 0.0116. The molecule has 5 rings (SSSR count). The van der Waals surface area contributed by atoms with Crippen molar-refractivity contribution >= 4 is 23.3 Å². The Morgan fingerprint density at radius 2 is 2.06 bits per heavy atom. The predicted octanol–water partition coefficient (Wildman–Crippen LogP) is 3.48. The number of carbonyl (C=O) groups is 2. The highest BCUT2D eigenvalue weighted by Crippen LogP contribution is 2.52.